The van der Waals surface area contributed by atoms with Gasteiger partial charge >= 0.3 is 0 Å². The molecule has 8 nitrogen and oxygen atoms in total. The first kappa shape index (κ1) is 23.3. The second-order valence-corrected chi connectivity index (χ2v) is 9.66. The van der Waals surface area contributed by atoms with Crippen LogP contribution in [0, 0.1) is 0 Å². The lowest BCUT2D eigenvalue weighted by Gasteiger charge is -2.47. The number of hydrogen-bond acceptors (Lipinski definition) is 6. The van der Waals surface area contributed by atoms with Crippen LogP contribution in [0.15, 0.2) is 60.8 Å². The van der Waals surface area contributed by atoms with Crippen LogP contribution in [0.5, 0.6) is 11.5 Å². The summed E-state index contributed by atoms with van der Waals surface area (Å²) in [5.74, 6) is 1.72. The van der Waals surface area contributed by atoms with Gasteiger partial charge in [-0.2, -0.15) is 0 Å². The van der Waals surface area contributed by atoms with E-state index in [2.05, 4.69) is 9.88 Å². The average molecular weight is 499 g/mol. The van der Waals surface area contributed by atoms with Crippen LogP contribution in [-0.4, -0.2) is 73.5 Å². The Morgan fingerprint density at radius 2 is 1.62 bits per heavy atom. The van der Waals surface area contributed by atoms with E-state index in [0.717, 1.165) is 22.5 Å². The highest BCUT2D eigenvalue weighted by Gasteiger charge is 2.48. The minimum atomic E-state index is -0.493. The molecule has 1 aromatic heterocycles. The van der Waals surface area contributed by atoms with Gasteiger partial charge in [0.05, 0.1) is 26.2 Å². The molecular weight excluding hydrogens is 468 g/mol. The smallest absolute Gasteiger partial charge is 0.254 e. The minimum absolute atomic E-state index is 0.0231. The zero-order valence-corrected chi connectivity index (χ0v) is 21.1. The normalized spacial score (nSPS) is 20.6. The maximum absolute atomic E-state index is 14.3. The number of anilines is 1. The second kappa shape index (κ2) is 9.42. The SMILES string of the molecule is COc1cc2c(cc1OC)[C@H]1[C@@H](C(=O)N3CCN(c4ccccn4)CC3)c3ccccc3C(=O)N1CC2. The molecule has 6 rings (SSSR count). The predicted molar refractivity (Wildman–Crippen MR) is 139 cm³/mol. The molecule has 3 aliphatic rings. The molecular formula is C29H30N4O4. The number of ether oxygens (including phenoxy) is 2. The number of carbonyl (C=O) groups is 2. The molecule has 0 aliphatic carbocycles. The number of hydrogen-bond donors (Lipinski definition) is 0. The van der Waals surface area contributed by atoms with Gasteiger partial charge in [-0.3, -0.25) is 9.59 Å². The van der Waals surface area contributed by atoms with Crippen LogP contribution in [0.4, 0.5) is 5.82 Å². The van der Waals surface area contributed by atoms with Crippen molar-refractivity contribution in [3.63, 3.8) is 0 Å². The van der Waals surface area contributed by atoms with E-state index in [9.17, 15) is 9.59 Å². The fourth-order valence-corrected chi connectivity index (χ4v) is 6.01. The lowest BCUT2D eigenvalue weighted by Crippen LogP contribution is -2.54. The number of methoxy groups -OCH3 is 2. The number of nitrogens with zero attached hydrogens (tertiary/aromatic N) is 4. The Labute approximate surface area is 216 Å². The summed E-state index contributed by atoms with van der Waals surface area (Å²) in [4.78, 5) is 38.4. The minimum Gasteiger partial charge on any atom is -0.493 e. The summed E-state index contributed by atoms with van der Waals surface area (Å²) in [5.41, 5.74) is 3.46. The van der Waals surface area contributed by atoms with E-state index in [0.29, 0.717) is 56.2 Å². The van der Waals surface area contributed by atoms with Crippen molar-refractivity contribution in [1.82, 2.24) is 14.8 Å². The molecule has 2 amide bonds. The molecule has 0 saturated carbocycles. The van der Waals surface area contributed by atoms with E-state index in [1.807, 2.05) is 64.4 Å². The van der Waals surface area contributed by atoms with Crippen LogP contribution in [0.25, 0.3) is 0 Å². The second-order valence-electron chi connectivity index (χ2n) is 9.66. The number of rotatable bonds is 4. The van der Waals surface area contributed by atoms with Crippen molar-refractivity contribution in [2.75, 3.05) is 51.8 Å². The van der Waals surface area contributed by atoms with Gasteiger partial charge in [0.25, 0.3) is 5.91 Å². The van der Waals surface area contributed by atoms with E-state index >= 15 is 0 Å². The first-order chi connectivity index (χ1) is 18.1. The van der Waals surface area contributed by atoms with Crippen molar-refractivity contribution in [2.24, 2.45) is 0 Å². The van der Waals surface area contributed by atoms with Crippen LogP contribution in [0.3, 0.4) is 0 Å². The van der Waals surface area contributed by atoms with Crippen LogP contribution >= 0.6 is 0 Å². The third-order valence-electron chi connectivity index (χ3n) is 7.86. The molecule has 0 spiro atoms. The molecule has 1 saturated heterocycles. The Kier molecular flexibility index (Phi) is 5.94. The lowest BCUT2D eigenvalue weighted by molar-refractivity contribution is -0.135. The summed E-state index contributed by atoms with van der Waals surface area (Å²) in [5, 5.41) is 0. The van der Waals surface area contributed by atoms with Gasteiger partial charge in [-0.1, -0.05) is 24.3 Å². The van der Waals surface area contributed by atoms with Crippen molar-refractivity contribution in [1.29, 1.82) is 0 Å². The Balaban J connectivity index is 1.38. The number of carbonyl (C=O) groups excluding carboxylic acids is 2. The molecule has 0 unspecified atom stereocenters. The molecule has 2 aromatic carbocycles. The number of aromatic nitrogens is 1. The third-order valence-corrected chi connectivity index (χ3v) is 7.86. The molecule has 8 heteroatoms. The first-order valence-electron chi connectivity index (χ1n) is 12.7. The van der Waals surface area contributed by atoms with Gasteiger partial charge in [-0.15, -0.1) is 0 Å². The van der Waals surface area contributed by atoms with Gasteiger partial charge < -0.3 is 24.2 Å². The van der Waals surface area contributed by atoms with Crippen molar-refractivity contribution >= 4 is 17.6 Å². The molecule has 1 fully saturated rings. The lowest BCUT2D eigenvalue weighted by atomic mass is 9.75. The number of amides is 2. The molecule has 2 atom stereocenters. The van der Waals surface area contributed by atoms with Crippen molar-refractivity contribution < 1.29 is 19.1 Å². The van der Waals surface area contributed by atoms with E-state index in [1.54, 1.807) is 20.4 Å². The number of piperazine rings is 1. The first-order valence-corrected chi connectivity index (χ1v) is 12.7. The van der Waals surface area contributed by atoms with Crippen LogP contribution in [-0.2, 0) is 11.2 Å². The molecule has 3 aliphatic heterocycles. The Morgan fingerprint density at radius 1 is 0.892 bits per heavy atom. The fraction of sp³-hybridized carbons (Fsp3) is 0.345. The molecule has 0 N–H and O–H groups in total. The van der Waals surface area contributed by atoms with E-state index < -0.39 is 12.0 Å². The average Bonchev–Trinajstić information content (AvgIpc) is 2.96. The predicted octanol–water partition coefficient (Wildman–Crippen LogP) is 3.28. The largest absolute Gasteiger partial charge is 0.493 e. The molecule has 0 radical (unpaired) electrons. The molecule has 0 bridgehead atoms. The molecule has 37 heavy (non-hydrogen) atoms. The Morgan fingerprint density at radius 3 is 2.35 bits per heavy atom. The van der Waals surface area contributed by atoms with Crippen molar-refractivity contribution in [3.8, 4) is 11.5 Å². The van der Waals surface area contributed by atoms with Gasteiger partial charge in [-0.05, 0) is 53.4 Å². The van der Waals surface area contributed by atoms with E-state index in [4.69, 9.17) is 9.47 Å². The Hall–Kier alpha value is -4.07. The highest BCUT2D eigenvalue weighted by atomic mass is 16.5. The molecule has 3 aromatic rings. The summed E-state index contributed by atoms with van der Waals surface area (Å²) in [7, 11) is 3.23. The summed E-state index contributed by atoms with van der Waals surface area (Å²) >= 11 is 0. The number of fused-ring (bicyclic) bond motifs is 4. The van der Waals surface area contributed by atoms with E-state index in [-0.39, 0.29) is 11.8 Å². The highest BCUT2D eigenvalue weighted by Crippen LogP contribution is 2.48. The quantitative estimate of drug-likeness (QED) is 0.550. The molecule has 4 heterocycles. The number of benzene rings is 2. The van der Waals surface area contributed by atoms with Crippen LogP contribution in [0.2, 0.25) is 0 Å². The maximum atomic E-state index is 14.3. The van der Waals surface area contributed by atoms with Crippen molar-refractivity contribution in [2.45, 2.75) is 18.4 Å². The summed E-state index contributed by atoms with van der Waals surface area (Å²) in [6.07, 6.45) is 2.49. The standard InChI is InChI=1S/C29H30N4O4/c1-36-23-17-19-10-12-33-27(22(19)18-24(23)37-2)26(20-7-3-4-8-21(20)28(33)34)29(35)32-15-13-31(14-16-32)25-9-5-6-11-30-25/h3-9,11,17-18,26-27H,10,12-16H2,1-2H3/t26-,27-/m0/s1. The van der Waals surface area contributed by atoms with Crippen LogP contribution in [0.1, 0.15) is 39.0 Å². The zero-order valence-electron chi connectivity index (χ0n) is 21.1. The van der Waals surface area contributed by atoms with Crippen molar-refractivity contribution in [3.05, 3.63) is 83.0 Å². The van der Waals surface area contributed by atoms with Gasteiger partial charge in [-0.25, -0.2) is 4.98 Å². The highest BCUT2D eigenvalue weighted by molar-refractivity contribution is 6.01. The fourth-order valence-electron chi connectivity index (χ4n) is 6.01. The number of pyridine rings is 1. The topological polar surface area (TPSA) is 75.2 Å². The van der Waals surface area contributed by atoms with Gasteiger partial charge in [0.1, 0.15) is 5.82 Å². The van der Waals surface area contributed by atoms with Gasteiger partial charge in [0.2, 0.25) is 5.91 Å². The third kappa shape index (κ3) is 3.87. The van der Waals surface area contributed by atoms with E-state index in [1.165, 1.54) is 0 Å². The Bertz CT molecular complexity index is 1340. The molecule has 190 valence electrons. The van der Waals surface area contributed by atoms with Gasteiger partial charge in [0, 0.05) is 44.5 Å². The van der Waals surface area contributed by atoms with Gasteiger partial charge in [0.15, 0.2) is 11.5 Å². The van der Waals surface area contributed by atoms with Crippen LogP contribution < -0.4 is 14.4 Å². The zero-order chi connectivity index (χ0) is 25.5. The summed E-state index contributed by atoms with van der Waals surface area (Å²) in [6, 6.07) is 17.0. The summed E-state index contributed by atoms with van der Waals surface area (Å²) in [6.45, 7) is 3.19. The monoisotopic (exact) mass is 498 g/mol. The summed E-state index contributed by atoms with van der Waals surface area (Å²) < 4.78 is 11.2. The maximum Gasteiger partial charge on any atom is 0.254 e.